The highest BCUT2D eigenvalue weighted by molar-refractivity contribution is 7.80. The average Bonchev–Trinajstić information content (AvgIpc) is 2.32. The number of methoxy groups -OCH3 is 1. The molecule has 0 aromatic heterocycles. The van der Waals surface area contributed by atoms with Crippen LogP contribution < -0.4 is 0 Å². The Morgan fingerprint density at radius 1 is 1.12 bits per heavy atom. The molecular weight excluding hydrogens is 240 g/mol. The standard InChI is InChI=1S/C5H12O.C4H9Cl.C4H10S/c1-4-5(2)6-3;2*1-2-3-4-5/h5H,4H2,1-3H3;2-4H2,1H3;5H,2-4H2,1H3. The molecule has 0 radical (unpaired) electrons. The summed E-state index contributed by atoms with van der Waals surface area (Å²) in [4.78, 5) is 0. The lowest BCUT2D eigenvalue weighted by molar-refractivity contribution is 0.115. The average molecular weight is 271 g/mol. The summed E-state index contributed by atoms with van der Waals surface area (Å²) < 4.78 is 4.90. The van der Waals surface area contributed by atoms with Gasteiger partial charge in [0.05, 0.1) is 6.10 Å². The van der Waals surface area contributed by atoms with Gasteiger partial charge in [0.15, 0.2) is 0 Å². The normalized spacial score (nSPS) is 10.7. The predicted octanol–water partition coefficient (Wildman–Crippen LogP) is 5.17. The first-order valence-corrected chi connectivity index (χ1v) is 7.50. The van der Waals surface area contributed by atoms with Gasteiger partial charge >= 0.3 is 0 Å². The first-order chi connectivity index (χ1) is 7.64. The molecule has 3 heteroatoms. The molecule has 0 aliphatic carbocycles. The Hall–Kier alpha value is 0.600. The Bertz CT molecular complexity index is 78.0. The van der Waals surface area contributed by atoms with Crippen LogP contribution >= 0.6 is 24.2 Å². The molecule has 0 saturated carbocycles. The second kappa shape index (κ2) is 24.7. The van der Waals surface area contributed by atoms with E-state index in [0.29, 0.717) is 6.10 Å². The van der Waals surface area contributed by atoms with E-state index >= 15 is 0 Å². The van der Waals surface area contributed by atoms with Crippen LogP contribution in [-0.4, -0.2) is 24.8 Å². The van der Waals surface area contributed by atoms with Gasteiger partial charge in [0.25, 0.3) is 0 Å². The Morgan fingerprint density at radius 2 is 1.62 bits per heavy atom. The molecule has 16 heavy (non-hydrogen) atoms. The fraction of sp³-hybridized carbons (Fsp3) is 1.00. The van der Waals surface area contributed by atoms with Gasteiger partial charge in [-0.05, 0) is 31.9 Å². The second-order valence-corrected chi connectivity index (χ2v) is 4.40. The van der Waals surface area contributed by atoms with Crippen LogP contribution in [0, 0.1) is 0 Å². The molecule has 0 bridgehead atoms. The lowest BCUT2D eigenvalue weighted by Crippen LogP contribution is -2.00. The molecule has 0 saturated heterocycles. The van der Waals surface area contributed by atoms with Crippen molar-refractivity contribution in [2.75, 3.05) is 18.7 Å². The molecular formula is C13H31ClOS. The summed E-state index contributed by atoms with van der Waals surface area (Å²) in [5, 5.41) is 0. The number of hydrogen-bond acceptors (Lipinski definition) is 2. The van der Waals surface area contributed by atoms with Crippen LogP contribution in [0.4, 0.5) is 0 Å². The van der Waals surface area contributed by atoms with E-state index in [1.54, 1.807) is 7.11 Å². The monoisotopic (exact) mass is 270 g/mol. The first-order valence-electron chi connectivity index (χ1n) is 6.33. The third kappa shape index (κ3) is 36.5. The van der Waals surface area contributed by atoms with E-state index < -0.39 is 0 Å². The molecule has 0 spiro atoms. The molecule has 0 aromatic carbocycles. The molecule has 0 rings (SSSR count). The molecule has 0 fully saturated rings. The van der Waals surface area contributed by atoms with Crippen LogP contribution in [0.2, 0.25) is 0 Å². The van der Waals surface area contributed by atoms with Gasteiger partial charge in [0.2, 0.25) is 0 Å². The highest BCUT2D eigenvalue weighted by Crippen LogP contribution is 1.90. The van der Waals surface area contributed by atoms with Crippen LogP contribution in [0.15, 0.2) is 0 Å². The zero-order valence-electron chi connectivity index (χ0n) is 11.8. The number of alkyl halides is 1. The van der Waals surface area contributed by atoms with E-state index in [0.717, 1.165) is 24.5 Å². The van der Waals surface area contributed by atoms with Gasteiger partial charge < -0.3 is 4.74 Å². The number of thiol groups is 1. The molecule has 0 heterocycles. The molecule has 1 atom stereocenters. The van der Waals surface area contributed by atoms with Gasteiger partial charge in [-0.3, -0.25) is 0 Å². The maximum Gasteiger partial charge on any atom is 0.0540 e. The minimum Gasteiger partial charge on any atom is -0.382 e. The van der Waals surface area contributed by atoms with E-state index in [1.807, 2.05) is 0 Å². The van der Waals surface area contributed by atoms with Crippen LogP contribution in [0.5, 0.6) is 0 Å². The van der Waals surface area contributed by atoms with Gasteiger partial charge in [-0.15, -0.1) is 11.6 Å². The summed E-state index contributed by atoms with van der Waals surface area (Å²) in [5.41, 5.74) is 0. The highest BCUT2D eigenvalue weighted by atomic mass is 35.5. The lowest BCUT2D eigenvalue weighted by atomic mass is 10.3. The summed E-state index contributed by atoms with van der Waals surface area (Å²) in [6, 6.07) is 0. The summed E-state index contributed by atoms with van der Waals surface area (Å²) in [5.74, 6) is 1.85. The Kier molecular flexibility index (Phi) is 33.7. The zero-order valence-corrected chi connectivity index (χ0v) is 13.4. The molecule has 1 nitrogen and oxygen atoms in total. The van der Waals surface area contributed by atoms with Crippen molar-refractivity contribution in [2.24, 2.45) is 0 Å². The predicted molar refractivity (Wildman–Crippen MR) is 81.2 cm³/mol. The van der Waals surface area contributed by atoms with Gasteiger partial charge in [0, 0.05) is 13.0 Å². The lowest BCUT2D eigenvalue weighted by Gasteiger charge is -2.01. The quantitative estimate of drug-likeness (QED) is 0.517. The minimum atomic E-state index is 0.435. The van der Waals surface area contributed by atoms with Crippen LogP contribution in [0.3, 0.4) is 0 Å². The van der Waals surface area contributed by atoms with Crippen molar-refractivity contribution in [3.8, 4) is 0 Å². The SMILES string of the molecule is CCC(C)OC.CCCCCl.CCCCS. The van der Waals surface area contributed by atoms with Crippen molar-refractivity contribution in [2.45, 2.75) is 65.9 Å². The van der Waals surface area contributed by atoms with Crippen molar-refractivity contribution in [3.63, 3.8) is 0 Å². The number of hydrogen-bond donors (Lipinski definition) is 1. The molecule has 0 amide bonds. The first kappa shape index (κ1) is 21.8. The summed E-state index contributed by atoms with van der Waals surface area (Å²) >= 11 is 9.30. The largest absolute Gasteiger partial charge is 0.382 e. The Labute approximate surface area is 114 Å². The number of rotatable bonds is 6. The zero-order chi connectivity index (χ0) is 13.2. The van der Waals surface area contributed by atoms with Crippen molar-refractivity contribution in [1.29, 1.82) is 0 Å². The van der Waals surface area contributed by atoms with E-state index in [-0.39, 0.29) is 0 Å². The smallest absolute Gasteiger partial charge is 0.0540 e. The van der Waals surface area contributed by atoms with Gasteiger partial charge in [-0.2, -0.15) is 12.6 Å². The van der Waals surface area contributed by atoms with Gasteiger partial charge in [-0.1, -0.05) is 33.6 Å². The van der Waals surface area contributed by atoms with Crippen molar-refractivity contribution >= 4 is 24.2 Å². The Balaban J connectivity index is -0.000000160. The fourth-order valence-corrected chi connectivity index (χ4v) is 1.04. The highest BCUT2D eigenvalue weighted by Gasteiger charge is 1.88. The molecule has 0 aromatic rings. The Morgan fingerprint density at radius 3 is 1.62 bits per heavy atom. The molecule has 102 valence electrons. The number of unbranched alkanes of at least 4 members (excludes halogenated alkanes) is 2. The third-order valence-corrected chi connectivity index (χ3v) is 2.56. The van der Waals surface area contributed by atoms with E-state index in [2.05, 4.69) is 40.3 Å². The molecule has 0 N–H and O–H groups in total. The van der Waals surface area contributed by atoms with Gasteiger partial charge in [-0.25, -0.2) is 0 Å². The molecule has 1 unspecified atom stereocenters. The van der Waals surface area contributed by atoms with Gasteiger partial charge in [0.1, 0.15) is 0 Å². The molecule has 0 aliphatic heterocycles. The summed E-state index contributed by atoms with van der Waals surface area (Å²) in [6.07, 6.45) is 6.43. The van der Waals surface area contributed by atoms with E-state index in [1.165, 1.54) is 19.3 Å². The molecule has 0 aliphatic rings. The number of ether oxygens (including phenoxy) is 1. The van der Waals surface area contributed by atoms with Crippen molar-refractivity contribution < 1.29 is 4.74 Å². The number of halogens is 1. The van der Waals surface area contributed by atoms with Crippen LogP contribution in [-0.2, 0) is 4.74 Å². The fourth-order valence-electron chi connectivity index (χ4n) is 0.458. The van der Waals surface area contributed by atoms with Crippen LogP contribution in [0.1, 0.15) is 59.8 Å². The third-order valence-electron chi connectivity index (χ3n) is 1.98. The summed E-state index contributed by atoms with van der Waals surface area (Å²) in [7, 11) is 1.73. The maximum atomic E-state index is 5.30. The topological polar surface area (TPSA) is 9.23 Å². The summed E-state index contributed by atoms with van der Waals surface area (Å²) in [6.45, 7) is 8.45. The van der Waals surface area contributed by atoms with Crippen molar-refractivity contribution in [3.05, 3.63) is 0 Å². The van der Waals surface area contributed by atoms with Crippen molar-refractivity contribution in [1.82, 2.24) is 0 Å². The van der Waals surface area contributed by atoms with Crippen LogP contribution in [0.25, 0.3) is 0 Å². The van der Waals surface area contributed by atoms with E-state index in [4.69, 9.17) is 16.3 Å². The second-order valence-electron chi connectivity index (χ2n) is 3.57. The maximum absolute atomic E-state index is 5.30. The minimum absolute atomic E-state index is 0.435. The van der Waals surface area contributed by atoms with E-state index in [9.17, 15) is 0 Å².